The Morgan fingerprint density at radius 2 is 1.72 bits per heavy atom. The molecular formula is C25H30N6S. The zero-order valence-corrected chi connectivity index (χ0v) is 20.1. The first-order valence-corrected chi connectivity index (χ1v) is 11.8. The van der Waals surface area contributed by atoms with Crippen molar-refractivity contribution in [1.29, 1.82) is 0 Å². The lowest BCUT2D eigenvalue weighted by Crippen LogP contribution is -2.39. The largest absolute Gasteiger partial charge is 0.399 e. The van der Waals surface area contributed by atoms with E-state index in [2.05, 4.69) is 78.4 Å². The van der Waals surface area contributed by atoms with Crippen molar-refractivity contribution in [2.45, 2.75) is 34.6 Å². The molecule has 2 N–H and O–H groups in total. The Balaban J connectivity index is 1.69. The fraction of sp³-hybridized carbons (Fsp3) is 0.280. The molecule has 2 aromatic carbocycles. The van der Waals surface area contributed by atoms with Crippen LogP contribution in [-0.2, 0) is 0 Å². The van der Waals surface area contributed by atoms with Gasteiger partial charge in [0.25, 0.3) is 0 Å². The van der Waals surface area contributed by atoms with Gasteiger partial charge in [-0.05, 0) is 56.2 Å². The third-order valence-corrected chi connectivity index (χ3v) is 6.49. The predicted octanol–water partition coefficient (Wildman–Crippen LogP) is 5.90. The molecule has 0 aliphatic rings. The molecule has 0 radical (unpaired) electrons. The second kappa shape index (κ2) is 9.14. The summed E-state index contributed by atoms with van der Waals surface area (Å²) in [7, 11) is 0. The number of hydrogen-bond acceptors (Lipinski definition) is 6. The summed E-state index contributed by atoms with van der Waals surface area (Å²) in [5.74, 6) is 0. The molecular weight excluding hydrogens is 416 g/mol. The highest BCUT2D eigenvalue weighted by molar-refractivity contribution is 7.14. The lowest BCUT2D eigenvalue weighted by Gasteiger charge is -2.34. The molecule has 4 aromatic rings. The predicted molar refractivity (Wildman–Crippen MR) is 135 cm³/mol. The van der Waals surface area contributed by atoms with Crippen LogP contribution in [0.5, 0.6) is 0 Å². The van der Waals surface area contributed by atoms with Crippen molar-refractivity contribution >= 4 is 27.8 Å². The van der Waals surface area contributed by atoms with Gasteiger partial charge in [-0.15, -0.1) is 11.3 Å². The first-order valence-electron chi connectivity index (χ1n) is 10.9. The summed E-state index contributed by atoms with van der Waals surface area (Å²) < 4.78 is 2.03. The van der Waals surface area contributed by atoms with E-state index in [1.54, 1.807) is 11.3 Å². The van der Waals surface area contributed by atoms with E-state index in [0.29, 0.717) is 0 Å². The first-order chi connectivity index (χ1) is 15.4. The molecule has 0 saturated carbocycles. The van der Waals surface area contributed by atoms with Crippen molar-refractivity contribution in [2.75, 3.05) is 23.8 Å². The second-order valence-corrected chi connectivity index (χ2v) is 8.77. The summed E-state index contributed by atoms with van der Waals surface area (Å²) in [6.07, 6.45) is 3.86. The molecule has 0 aliphatic carbocycles. The number of aryl methyl sites for hydroxylation is 3. The maximum absolute atomic E-state index is 6.15. The maximum atomic E-state index is 6.15. The molecule has 166 valence electrons. The molecule has 0 spiro atoms. The second-order valence-electron chi connectivity index (χ2n) is 7.93. The van der Waals surface area contributed by atoms with Gasteiger partial charge in [-0.25, -0.2) is 20.0 Å². The minimum absolute atomic E-state index is 0.818. The van der Waals surface area contributed by atoms with Gasteiger partial charge in [0.05, 0.1) is 23.4 Å². The Labute approximate surface area is 193 Å². The molecule has 32 heavy (non-hydrogen) atoms. The third-order valence-electron chi connectivity index (χ3n) is 5.67. The van der Waals surface area contributed by atoms with Gasteiger partial charge >= 0.3 is 0 Å². The molecule has 0 atom stereocenters. The number of nitrogens with zero attached hydrogens (tertiary/aromatic N) is 5. The number of rotatable bonds is 7. The van der Waals surface area contributed by atoms with Crippen molar-refractivity contribution in [1.82, 2.24) is 19.5 Å². The number of aromatic nitrogens is 3. The van der Waals surface area contributed by atoms with E-state index in [-0.39, 0.29) is 0 Å². The van der Waals surface area contributed by atoms with Crippen molar-refractivity contribution < 1.29 is 0 Å². The zero-order valence-electron chi connectivity index (χ0n) is 19.3. The van der Waals surface area contributed by atoms with Gasteiger partial charge in [0.1, 0.15) is 0 Å². The summed E-state index contributed by atoms with van der Waals surface area (Å²) in [6.45, 7) is 12.2. The van der Waals surface area contributed by atoms with Crippen LogP contribution in [0.3, 0.4) is 0 Å². The van der Waals surface area contributed by atoms with Gasteiger partial charge in [0.15, 0.2) is 0 Å². The van der Waals surface area contributed by atoms with E-state index in [1.807, 2.05) is 30.1 Å². The van der Waals surface area contributed by atoms with Crippen molar-refractivity contribution in [3.05, 3.63) is 71.1 Å². The van der Waals surface area contributed by atoms with E-state index < -0.39 is 0 Å². The molecule has 2 heterocycles. The van der Waals surface area contributed by atoms with E-state index in [9.17, 15) is 0 Å². The number of hydrogen-bond donors (Lipinski definition) is 1. The van der Waals surface area contributed by atoms with Crippen LogP contribution in [0.25, 0.3) is 16.9 Å². The molecule has 0 aliphatic heterocycles. The van der Waals surface area contributed by atoms with Crippen molar-refractivity contribution in [3.8, 4) is 16.9 Å². The Bertz CT molecular complexity index is 1200. The maximum Gasteiger partial charge on any atom is 0.205 e. The molecule has 0 saturated heterocycles. The minimum atomic E-state index is 0.818. The summed E-state index contributed by atoms with van der Waals surface area (Å²) in [5, 5.41) is 7.61. The SMILES string of the molecule is CCN(CC)N(c1nc(-c2ccc(-n3cnc(C)c3)cc2)cs1)c1cc(C)c(N)cc1C. The fourth-order valence-electron chi connectivity index (χ4n) is 3.80. The van der Waals surface area contributed by atoms with Crippen molar-refractivity contribution in [3.63, 3.8) is 0 Å². The molecule has 4 rings (SSSR count). The van der Waals surface area contributed by atoms with Crippen LogP contribution in [0.2, 0.25) is 0 Å². The van der Waals surface area contributed by atoms with E-state index in [1.165, 1.54) is 0 Å². The summed E-state index contributed by atoms with van der Waals surface area (Å²) in [6, 6.07) is 12.6. The average molecular weight is 447 g/mol. The highest BCUT2D eigenvalue weighted by Crippen LogP contribution is 2.36. The van der Waals surface area contributed by atoms with E-state index >= 15 is 0 Å². The van der Waals surface area contributed by atoms with E-state index in [0.717, 1.165) is 63.4 Å². The Morgan fingerprint density at radius 1 is 1.00 bits per heavy atom. The van der Waals surface area contributed by atoms with Gasteiger partial charge in [-0.1, -0.05) is 26.0 Å². The van der Waals surface area contributed by atoms with Crippen LogP contribution >= 0.6 is 11.3 Å². The number of nitrogen functional groups attached to an aromatic ring is 1. The number of benzene rings is 2. The molecule has 0 bridgehead atoms. The van der Waals surface area contributed by atoms with Gasteiger partial charge in [-0.2, -0.15) is 0 Å². The number of imidazole rings is 1. The standard InChI is InChI=1S/C25H30N6S/c1-6-30(7-2)31(24-13-17(3)22(26)12-18(24)4)25-28-23(15-32-25)20-8-10-21(11-9-20)29-14-19(5)27-16-29/h8-16H,6-7,26H2,1-5H3. The van der Waals surface area contributed by atoms with Gasteiger partial charge in [0, 0.05) is 41.6 Å². The quantitative estimate of drug-likeness (QED) is 0.283. The molecule has 0 fully saturated rings. The van der Waals surface area contributed by atoms with Crippen molar-refractivity contribution in [2.24, 2.45) is 0 Å². The molecule has 0 unspecified atom stereocenters. The Kier molecular flexibility index (Phi) is 6.30. The van der Waals surface area contributed by atoms with Gasteiger partial charge in [-0.3, -0.25) is 0 Å². The highest BCUT2D eigenvalue weighted by Gasteiger charge is 2.22. The Hall–Kier alpha value is -3.16. The smallest absolute Gasteiger partial charge is 0.205 e. The lowest BCUT2D eigenvalue weighted by atomic mass is 10.1. The average Bonchev–Trinajstić information content (AvgIpc) is 3.44. The number of hydrazine groups is 1. The monoisotopic (exact) mass is 446 g/mol. The number of anilines is 3. The fourth-order valence-corrected chi connectivity index (χ4v) is 4.67. The number of nitrogens with two attached hydrogens (primary N) is 1. The lowest BCUT2D eigenvalue weighted by molar-refractivity contribution is 0.308. The summed E-state index contributed by atoms with van der Waals surface area (Å²) in [5.41, 5.74) is 14.5. The summed E-state index contributed by atoms with van der Waals surface area (Å²) >= 11 is 1.66. The molecule has 2 aromatic heterocycles. The van der Waals surface area contributed by atoms with Crippen LogP contribution < -0.4 is 10.7 Å². The van der Waals surface area contributed by atoms with Crippen LogP contribution in [0.15, 0.2) is 54.3 Å². The molecule has 0 amide bonds. The third kappa shape index (κ3) is 4.26. The number of thiazole rings is 1. The van der Waals surface area contributed by atoms with Crippen LogP contribution in [0.4, 0.5) is 16.5 Å². The minimum Gasteiger partial charge on any atom is -0.399 e. The first kappa shape index (κ1) is 22.0. The topological polar surface area (TPSA) is 63.2 Å². The van der Waals surface area contributed by atoms with Crippen LogP contribution in [0.1, 0.15) is 30.7 Å². The van der Waals surface area contributed by atoms with Gasteiger partial charge < -0.3 is 10.3 Å². The van der Waals surface area contributed by atoms with Crippen LogP contribution in [-0.4, -0.2) is 32.6 Å². The molecule has 6 nitrogen and oxygen atoms in total. The molecule has 7 heteroatoms. The zero-order chi connectivity index (χ0) is 22.8. The normalized spacial score (nSPS) is 11.3. The van der Waals surface area contributed by atoms with E-state index in [4.69, 9.17) is 10.7 Å². The Morgan fingerprint density at radius 3 is 2.34 bits per heavy atom. The van der Waals surface area contributed by atoms with Crippen LogP contribution in [0, 0.1) is 20.8 Å². The summed E-state index contributed by atoms with van der Waals surface area (Å²) in [4.78, 5) is 9.34. The highest BCUT2D eigenvalue weighted by atomic mass is 32.1. The van der Waals surface area contributed by atoms with Gasteiger partial charge in [0.2, 0.25) is 5.13 Å².